The van der Waals surface area contributed by atoms with Gasteiger partial charge in [-0.2, -0.15) is 0 Å². The minimum absolute atomic E-state index is 0.271. The van der Waals surface area contributed by atoms with Crippen LogP contribution in [0.15, 0.2) is 30.3 Å². The van der Waals surface area contributed by atoms with Gasteiger partial charge in [0.05, 0.1) is 0 Å². The number of aliphatic hydroxyl groups excluding tert-OH is 1. The van der Waals surface area contributed by atoms with E-state index >= 15 is 0 Å². The van der Waals surface area contributed by atoms with E-state index in [1.165, 1.54) is 5.56 Å². The first kappa shape index (κ1) is 7.77. The molecule has 1 unspecified atom stereocenters. The highest BCUT2D eigenvalue weighted by Crippen LogP contribution is 2.12. The van der Waals surface area contributed by atoms with Crippen LogP contribution < -0.4 is 0 Å². The summed E-state index contributed by atoms with van der Waals surface area (Å²) in [5.74, 6) is 0. The molecule has 0 aromatic heterocycles. The first-order valence-electron chi connectivity index (χ1n) is 4.32. The Kier molecular flexibility index (Phi) is 2.11. The van der Waals surface area contributed by atoms with E-state index < -0.39 is 0 Å². The van der Waals surface area contributed by atoms with E-state index in [0.29, 0.717) is 0 Å². The van der Waals surface area contributed by atoms with Crippen molar-refractivity contribution in [1.29, 1.82) is 0 Å². The van der Waals surface area contributed by atoms with Crippen molar-refractivity contribution in [3.8, 4) is 0 Å². The lowest BCUT2D eigenvalue weighted by Gasteiger charge is -2.10. The summed E-state index contributed by atoms with van der Waals surface area (Å²) in [4.78, 5) is 2.05. The summed E-state index contributed by atoms with van der Waals surface area (Å²) < 4.78 is 0. The van der Waals surface area contributed by atoms with Crippen LogP contribution in [0.5, 0.6) is 0 Å². The van der Waals surface area contributed by atoms with Gasteiger partial charge in [0, 0.05) is 19.5 Å². The van der Waals surface area contributed by atoms with Crippen molar-refractivity contribution in [3.05, 3.63) is 35.9 Å². The molecule has 0 spiro atoms. The molecule has 0 radical (unpaired) electrons. The fraction of sp³-hybridized carbons (Fsp3) is 0.400. The molecule has 1 aliphatic heterocycles. The van der Waals surface area contributed by atoms with E-state index in [-0.39, 0.29) is 6.23 Å². The number of hydrogen-bond acceptors (Lipinski definition) is 2. The van der Waals surface area contributed by atoms with Crippen LogP contribution in [0.25, 0.3) is 0 Å². The summed E-state index contributed by atoms with van der Waals surface area (Å²) >= 11 is 0. The lowest BCUT2D eigenvalue weighted by Crippen LogP contribution is -2.20. The van der Waals surface area contributed by atoms with Crippen LogP contribution in [0.1, 0.15) is 5.56 Å². The average molecular weight is 163 g/mol. The summed E-state index contributed by atoms with van der Waals surface area (Å²) in [5.41, 5.74) is 1.21. The lowest BCUT2D eigenvalue weighted by molar-refractivity contribution is 0.0811. The number of benzene rings is 1. The van der Waals surface area contributed by atoms with Crippen LogP contribution in [0, 0.1) is 0 Å². The Bertz CT molecular complexity index is 243. The molecule has 0 amide bonds. The van der Waals surface area contributed by atoms with Crippen LogP contribution in [-0.2, 0) is 6.42 Å². The van der Waals surface area contributed by atoms with Gasteiger partial charge >= 0.3 is 0 Å². The molecule has 2 rings (SSSR count). The van der Waals surface area contributed by atoms with Crippen molar-refractivity contribution in [2.45, 2.75) is 12.6 Å². The normalized spacial score (nSPS) is 19.1. The Hall–Kier alpha value is -0.860. The van der Waals surface area contributed by atoms with E-state index in [4.69, 9.17) is 0 Å². The van der Waals surface area contributed by atoms with Gasteiger partial charge in [-0.15, -0.1) is 0 Å². The lowest BCUT2D eigenvalue weighted by atomic mass is 10.1. The Labute approximate surface area is 72.4 Å². The van der Waals surface area contributed by atoms with Crippen molar-refractivity contribution >= 4 is 0 Å². The zero-order valence-corrected chi connectivity index (χ0v) is 6.98. The molecule has 12 heavy (non-hydrogen) atoms. The third-order valence-corrected chi connectivity index (χ3v) is 2.16. The highest BCUT2D eigenvalue weighted by atomic mass is 16.3. The summed E-state index contributed by atoms with van der Waals surface area (Å²) in [7, 11) is 0. The maximum Gasteiger partial charge on any atom is 0.111 e. The molecule has 2 heteroatoms. The second-order valence-corrected chi connectivity index (χ2v) is 3.21. The minimum atomic E-state index is -0.271. The number of aliphatic hydroxyl groups is 1. The molecule has 1 saturated heterocycles. The predicted molar refractivity (Wildman–Crippen MR) is 47.7 cm³/mol. The highest BCUT2D eigenvalue weighted by Gasteiger charge is 2.25. The molecule has 0 saturated carbocycles. The molecular formula is C10H13NO. The van der Waals surface area contributed by atoms with Crippen molar-refractivity contribution in [2.24, 2.45) is 0 Å². The maximum atomic E-state index is 9.57. The van der Waals surface area contributed by atoms with Crippen LogP contribution in [0.2, 0.25) is 0 Å². The van der Waals surface area contributed by atoms with E-state index in [1.54, 1.807) is 0 Å². The first-order valence-corrected chi connectivity index (χ1v) is 4.32. The summed E-state index contributed by atoms with van der Waals surface area (Å²) in [6.07, 6.45) is 0.480. The molecular weight excluding hydrogens is 150 g/mol. The van der Waals surface area contributed by atoms with Crippen LogP contribution in [0.3, 0.4) is 0 Å². The van der Waals surface area contributed by atoms with E-state index in [2.05, 4.69) is 0 Å². The number of rotatable bonds is 3. The van der Waals surface area contributed by atoms with Gasteiger partial charge in [0.25, 0.3) is 0 Å². The SMILES string of the molecule is OC(Cc1ccccc1)N1CC1. The molecule has 1 aromatic rings. The molecule has 1 atom stereocenters. The second kappa shape index (κ2) is 3.25. The molecule has 64 valence electrons. The van der Waals surface area contributed by atoms with Gasteiger partial charge in [0.2, 0.25) is 0 Å². The molecule has 1 aromatic carbocycles. The van der Waals surface area contributed by atoms with Crippen molar-refractivity contribution in [2.75, 3.05) is 13.1 Å². The zero-order chi connectivity index (χ0) is 8.39. The van der Waals surface area contributed by atoms with Crippen LogP contribution in [0.4, 0.5) is 0 Å². The highest BCUT2D eigenvalue weighted by molar-refractivity contribution is 5.15. The quantitative estimate of drug-likeness (QED) is 0.668. The van der Waals surface area contributed by atoms with Gasteiger partial charge < -0.3 is 5.11 Å². The number of hydrogen-bond donors (Lipinski definition) is 1. The van der Waals surface area contributed by atoms with Gasteiger partial charge in [0.15, 0.2) is 0 Å². The van der Waals surface area contributed by atoms with Gasteiger partial charge in [-0.3, -0.25) is 4.90 Å². The molecule has 0 bridgehead atoms. The smallest absolute Gasteiger partial charge is 0.111 e. The largest absolute Gasteiger partial charge is 0.378 e. The first-order chi connectivity index (χ1) is 5.86. The standard InChI is InChI=1S/C10H13NO/c12-10(11-6-7-11)8-9-4-2-1-3-5-9/h1-5,10,12H,6-8H2. The second-order valence-electron chi connectivity index (χ2n) is 3.21. The third kappa shape index (κ3) is 1.84. The molecule has 1 N–H and O–H groups in total. The molecule has 0 aliphatic carbocycles. The molecule has 1 aliphatic rings. The van der Waals surface area contributed by atoms with Crippen molar-refractivity contribution < 1.29 is 5.11 Å². The summed E-state index contributed by atoms with van der Waals surface area (Å²) in [5, 5.41) is 9.57. The Balaban J connectivity index is 1.94. The summed E-state index contributed by atoms with van der Waals surface area (Å²) in [6.45, 7) is 2.10. The topological polar surface area (TPSA) is 23.2 Å². The van der Waals surface area contributed by atoms with Crippen LogP contribution >= 0.6 is 0 Å². The summed E-state index contributed by atoms with van der Waals surface area (Å²) in [6, 6.07) is 10.1. The van der Waals surface area contributed by atoms with Crippen molar-refractivity contribution in [3.63, 3.8) is 0 Å². The Morgan fingerprint density at radius 2 is 1.92 bits per heavy atom. The molecule has 2 nitrogen and oxygen atoms in total. The molecule has 1 heterocycles. The van der Waals surface area contributed by atoms with Gasteiger partial charge in [0.1, 0.15) is 6.23 Å². The van der Waals surface area contributed by atoms with Gasteiger partial charge in [-0.05, 0) is 5.56 Å². The van der Waals surface area contributed by atoms with Crippen molar-refractivity contribution in [1.82, 2.24) is 4.90 Å². The van der Waals surface area contributed by atoms with E-state index in [1.807, 2.05) is 35.2 Å². The Morgan fingerprint density at radius 1 is 1.25 bits per heavy atom. The van der Waals surface area contributed by atoms with E-state index in [0.717, 1.165) is 19.5 Å². The third-order valence-electron chi connectivity index (χ3n) is 2.16. The average Bonchev–Trinajstić information content (AvgIpc) is 2.88. The zero-order valence-electron chi connectivity index (χ0n) is 6.98. The van der Waals surface area contributed by atoms with E-state index in [9.17, 15) is 5.11 Å². The number of nitrogens with zero attached hydrogens (tertiary/aromatic N) is 1. The van der Waals surface area contributed by atoms with Gasteiger partial charge in [-0.25, -0.2) is 0 Å². The fourth-order valence-corrected chi connectivity index (χ4v) is 1.31. The van der Waals surface area contributed by atoms with Crippen LogP contribution in [-0.4, -0.2) is 29.3 Å². The Morgan fingerprint density at radius 3 is 2.50 bits per heavy atom. The predicted octanol–water partition coefficient (Wildman–Crippen LogP) is 0.863. The fourth-order valence-electron chi connectivity index (χ4n) is 1.31. The van der Waals surface area contributed by atoms with Gasteiger partial charge in [-0.1, -0.05) is 30.3 Å². The monoisotopic (exact) mass is 163 g/mol. The molecule has 1 fully saturated rings. The minimum Gasteiger partial charge on any atom is -0.378 e. The maximum absolute atomic E-state index is 9.57.